The molecule has 31 heavy (non-hydrogen) atoms. The van der Waals surface area contributed by atoms with Crippen LogP contribution in [0.1, 0.15) is 30.3 Å². The van der Waals surface area contributed by atoms with Crippen LogP contribution in [-0.2, 0) is 19.7 Å². The Morgan fingerprint density at radius 2 is 1.81 bits per heavy atom. The van der Waals surface area contributed by atoms with Crippen LogP contribution in [-0.4, -0.2) is 37.5 Å². The highest BCUT2D eigenvalue weighted by Gasteiger charge is 2.35. The Balaban J connectivity index is 2.01. The minimum Gasteiger partial charge on any atom is -0.497 e. The smallest absolute Gasteiger partial charge is 0.339 e. The first-order chi connectivity index (χ1) is 14.6. The van der Waals surface area contributed by atoms with Gasteiger partial charge in [0.05, 0.1) is 7.11 Å². The number of amidine groups is 1. The number of rotatable bonds is 5. The van der Waals surface area contributed by atoms with Gasteiger partial charge in [0.25, 0.3) is 0 Å². The molecule has 0 unspecified atom stereocenters. The van der Waals surface area contributed by atoms with E-state index in [1.807, 2.05) is 6.92 Å². The normalized spacial score (nSPS) is 15.9. The number of hydrazone groups is 1. The molecule has 1 heterocycles. The highest BCUT2D eigenvalue weighted by Crippen LogP contribution is 2.44. The fourth-order valence-corrected chi connectivity index (χ4v) is 4.87. The van der Waals surface area contributed by atoms with Crippen molar-refractivity contribution in [3.05, 3.63) is 53.6 Å². The lowest BCUT2D eigenvalue weighted by atomic mass is 10.2. The van der Waals surface area contributed by atoms with Crippen LogP contribution >= 0.6 is 11.8 Å². The summed E-state index contributed by atoms with van der Waals surface area (Å²) in [7, 11) is -2.67. The summed E-state index contributed by atoms with van der Waals surface area (Å²) in [6, 6.07) is 10.8. The zero-order valence-electron chi connectivity index (χ0n) is 17.3. The summed E-state index contributed by atoms with van der Waals surface area (Å²) in [6.07, 6.45) is 0. The van der Waals surface area contributed by atoms with E-state index in [2.05, 4.69) is 10.4 Å². The lowest BCUT2D eigenvalue weighted by Gasteiger charge is -2.22. The summed E-state index contributed by atoms with van der Waals surface area (Å²) >= 11 is 1.08. The largest absolute Gasteiger partial charge is 0.497 e. The van der Waals surface area contributed by atoms with Crippen molar-refractivity contribution in [1.82, 2.24) is 10.3 Å². The van der Waals surface area contributed by atoms with Crippen LogP contribution in [0.25, 0.3) is 0 Å². The predicted octanol–water partition coefficient (Wildman–Crippen LogP) is 2.77. The highest BCUT2D eigenvalue weighted by atomic mass is 32.2. The molecule has 11 heteroatoms. The minimum atomic E-state index is -4.13. The Kier molecular flexibility index (Phi) is 6.56. The summed E-state index contributed by atoms with van der Waals surface area (Å²) < 4.78 is 36.4. The van der Waals surface area contributed by atoms with Gasteiger partial charge in [-0.2, -0.15) is 8.42 Å². The lowest BCUT2D eigenvalue weighted by Crippen LogP contribution is -2.25. The topological polar surface area (TPSA) is 114 Å². The molecule has 1 aliphatic rings. The predicted molar refractivity (Wildman–Crippen MR) is 116 cm³/mol. The third kappa shape index (κ3) is 5.17. The third-order valence-corrected chi connectivity index (χ3v) is 6.57. The van der Waals surface area contributed by atoms with E-state index in [4.69, 9.17) is 8.92 Å². The van der Waals surface area contributed by atoms with Crippen LogP contribution in [0.4, 0.5) is 0 Å². The Morgan fingerprint density at radius 3 is 2.39 bits per heavy atom. The van der Waals surface area contributed by atoms with Crippen molar-refractivity contribution >= 4 is 38.9 Å². The molecule has 0 fully saturated rings. The van der Waals surface area contributed by atoms with E-state index in [0.717, 1.165) is 22.3 Å². The highest BCUT2D eigenvalue weighted by molar-refractivity contribution is 8.14. The molecule has 2 aromatic carbocycles. The van der Waals surface area contributed by atoms with Crippen molar-refractivity contribution in [1.29, 1.82) is 0 Å². The number of nitrogens with zero attached hydrogens (tertiary/aromatic N) is 2. The molecule has 3 rings (SSSR count). The maximum absolute atomic E-state index is 12.8. The molecule has 1 aliphatic heterocycles. The van der Waals surface area contributed by atoms with Crippen LogP contribution < -0.4 is 14.2 Å². The lowest BCUT2D eigenvalue weighted by molar-refractivity contribution is -0.129. The molecule has 0 saturated carbocycles. The van der Waals surface area contributed by atoms with Gasteiger partial charge in [0.1, 0.15) is 21.8 Å². The van der Waals surface area contributed by atoms with Gasteiger partial charge in [-0.3, -0.25) is 9.59 Å². The van der Waals surface area contributed by atoms with Crippen LogP contribution in [0.3, 0.4) is 0 Å². The number of hydrogen-bond acceptors (Lipinski definition) is 8. The first-order valence-electron chi connectivity index (χ1n) is 9.12. The van der Waals surface area contributed by atoms with Crippen LogP contribution in [0, 0.1) is 6.92 Å². The second kappa shape index (κ2) is 8.98. The number of ether oxygens (including phenoxy) is 1. The molecular formula is C20H21N3O6S2. The first-order valence-corrected chi connectivity index (χ1v) is 11.4. The summed E-state index contributed by atoms with van der Waals surface area (Å²) in [6.45, 7) is 4.49. The summed E-state index contributed by atoms with van der Waals surface area (Å²) in [4.78, 5) is 23.6. The van der Waals surface area contributed by atoms with E-state index in [-0.39, 0.29) is 21.7 Å². The second-order valence-corrected chi connectivity index (χ2v) is 9.29. The molecule has 0 aliphatic carbocycles. The van der Waals surface area contributed by atoms with Gasteiger partial charge in [0, 0.05) is 19.4 Å². The van der Waals surface area contributed by atoms with Gasteiger partial charge in [0.2, 0.25) is 11.8 Å². The second-order valence-electron chi connectivity index (χ2n) is 6.67. The Bertz CT molecular complexity index is 1150. The van der Waals surface area contributed by atoms with Crippen LogP contribution in [0.5, 0.6) is 11.5 Å². The quantitative estimate of drug-likeness (QED) is 0.678. The monoisotopic (exact) mass is 463 g/mol. The van der Waals surface area contributed by atoms with Gasteiger partial charge in [-0.25, -0.2) is 5.01 Å². The molecule has 9 nitrogen and oxygen atoms in total. The number of benzene rings is 2. The molecule has 0 radical (unpaired) electrons. The number of amides is 2. The summed E-state index contributed by atoms with van der Waals surface area (Å²) in [5.41, 5.74) is 1.26. The van der Waals surface area contributed by atoms with Gasteiger partial charge < -0.3 is 14.2 Å². The summed E-state index contributed by atoms with van der Waals surface area (Å²) in [5.74, 6) is -0.288. The summed E-state index contributed by atoms with van der Waals surface area (Å²) in [5, 5.41) is 7.27. The molecule has 0 bridgehead atoms. The fourth-order valence-electron chi connectivity index (χ4n) is 2.76. The van der Waals surface area contributed by atoms with Crippen molar-refractivity contribution < 1.29 is 26.9 Å². The van der Waals surface area contributed by atoms with Gasteiger partial charge in [-0.15, -0.1) is 5.10 Å². The van der Waals surface area contributed by atoms with Gasteiger partial charge in [-0.05, 0) is 37.3 Å². The maximum Gasteiger partial charge on any atom is 0.339 e. The Morgan fingerprint density at radius 1 is 1.13 bits per heavy atom. The van der Waals surface area contributed by atoms with Crippen LogP contribution in [0.2, 0.25) is 0 Å². The zero-order chi connectivity index (χ0) is 22.8. The van der Waals surface area contributed by atoms with Crippen molar-refractivity contribution in [3.8, 4) is 11.5 Å². The van der Waals surface area contributed by atoms with Gasteiger partial charge in [0.15, 0.2) is 5.17 Å². The standard InChI is InChI=1S/C20H21N3O6S2/c1-12-5-8-16(9-6-12)31(26,27)29-18-10-7-15(28-4)11-17(18)19-23(14(3)25)22-20(30-19)21-13(2)24/h5-11,19H,1-4H3,(H,21,22,24)/t19-/m0/s1. The SMILES string of the molecule is COc1ccc(OS(=O)(=O)c2ccc(C)cc2)c([C@@H]2SC(NC(C)=O)=NN2C(C)=O)c1. The molecule has 1 N–H and O–H groups in total. The molecule has 2 aromatic rings. The van der Waals surface area contributed by atoms with E-state index < -0.39 is 21.4 Å². The fraction of sp³-hybridized carbons (Fsp3) is 0.250. The van der Waals surface area contributed by atoms with Gasteiger partial charge >= 0.3 is 10.1 Å². The number of methoxy groups -OCH3 is 1. The van der Waals surface area contributed by atoms with Crippen molar-refractivity contribution in [2.45, 2.75) is 31.0 Å². The molecule has 0 aromatic heterocycles. The van der Waals surface area contributed by atoms with E-state index in [0.29, 0.717) is 11.3 Å². The molecule has 0 saturated heterocycles. The molecule has 2 amide bonds. The first kappa shape index (κ1) is 22.6. The van der Waals surface area contributed by atoms with Crippen molar-refractivity contribution in [2.75, 3.05) is 7.11 Å². The Labute approximate surface area is 184 Å². The van der Waals surface area contributed by atoms with E-state index in [1.165, 1.54) is 39.2 Å². The number of aryl methyl sites for hydroxylation is 1. The van der Waals surface area contributed by atoms with Gasteiger partial charge in [-0.1, -0.05) is 29.5 Å². The number of nitrogens with one attached hydrogen (secondary N) is 1. The number of hydrogen-bond donors (Lipinski definition) is 1. The van der Waals surface area contributed by atoms with Crippen molar-refractivity contribution in [3.63, 3.8) is 0 Å². The van der Waals surface area contributed by atoms with E-state index in [9.17, 15) is 18.0 Å². The molecule has 164 valence electrons. The van der Waals surface area contributed by atoms with E-state index >= 15 is 0 Å². The van der Waals surface area contributed by atoms with Crippen molar-refractivity contribution in [2.24, 2.45) is 5.10 Å². The Hall–Kier alpha value is -3.05. The number of carbonyl (C=O) groups is 2. The minimum absolute atomic E-state index is 0.00227. The molecule has 0 spiro atoms. The average Bonchev–Trinajstić information content (AvgIpc) is 3.11. The maximum atomic E-state index is 12.8. The number of thioether (sulfide) groups is 1. The molecule has 1 atom stereocenters. The average molecular weight is 464 g/mol. The van der Waals surface area contributed by atoms with Crippen LogP contribution in [0.15, 0.2) is 52.5 Å². The molecular weight excluding hydrogens is 442 g/mol. The van der Waals surface area contributed by atoms with E-state index in [1.54, 1.807) is 24.3 Å². The number of carbonyl (C=O) groups excluding carboxylic acids is 2. The third-order valence-electron chi connectivity index (χ3n) is 4.24. The zero-order valence-corrected chi connectivity index (χ0v) is 18.9.